The molecule has 7 nitrogen and oxygen atoms in total. The molecule has 0 aliphatic rings. The SMILES string of the molecule is CCOc1cc(-c2nn3c(C)nnc3s2)cc(OCC)c1OCC. The Morgan fingerprint density at radius 2 is 1.58 bits per heavy atom. The van der Waals surface area contributed by atoms with E-state index in [1.54, 1.807) is 4.52 Å². The number of rotatable bonds is 7. The van der Waals surface area contributed by atoms with Crippen LogP contribution in [0.4, 0.5) is 0 Å². The Balaban J connectivity index is 2.12. The molecule has 0 N–H and O–H groups in total. The number of ether oxygens (including phenoxy) is 3. The Morgan fingerprint density at radius 3 is 2.12 bits per heavy atom. The fourth-order valence-corrected chi connectivity index (χ4v) is 3.22. The van der Waals surface area contributed by atoms with E-state index in [-0.39, 0.29) is 0 Å². The molecule has 8 heteroatoms. The minimum absolute atomic E-state index is 0.537. The van der Waals surface area contributed by atoms with Crippen LogP contribution in [0.2, 0.25) is 0 Å². The van der Waals surface area contributed by atoms with E-state index >= 15 is 0 Å². The number of benzene rings is 1. The number of hydrogen-bond donors (Lipinski definition) is 0. The third-order valence-corrected chi connectivity index (χ3v) is 4.25. The van der Waals surface area contributed by atoms with Crippen LogP contribution in [-0.4, -0.2) is 39.6 Å². The van der Waals surface area contributed by atoms with E-state index in [9.17, 15) is 0 Å². The van der Waals surface area contributed by atoms with Gasteiger partial charge in [0.2, 0.25) is 10.7 Å². The number of aromatic nitrogens is 4. The maximum atomic E-state index is 5.76. The average Bonchev–Trinajstić information content (AvgIpc) is 3.13. The Bertz CT molecular complexity index is 816. The molecule has 1 aromatic carbocycles. The molecule has 0 aliphatic heterocycles. The van der Waals surface area contributed by atoms with Gasteiger partial charge in [-0.2, -0.15) is 9.61 Å². The third-order valence-electron chi connectivity index (χ3n) is 3.30. The van der Waals surface area contributed by atoms with Gasteiger partial charge in [-0.25, -0.2) is 0 Å². The van der Waals surface area contributed by atoms with E-state index in [4.69, 9.17) is 14.2 Å². The highest BCUT2D eigenvalue weighted by atomic mass is 32.1. The van der Waals surface area contributed by atoms with Gasteiger partial charge in [-0.1, -0.05) is 11.3 Å². The maximum absolute atomic E-state index is 5.76. The number of fused-ring (bicyclic) bond motifs is 1. The monoisotopic (exact) mass is 348 g/mol. The zero-order valence-corrected chi connectivity index (χ0v) is 15.0. The molecule has 24 heavy (non-hydrogen) atoms. The molecule has 0 aliphatic carbocycles. The minimum atomic E-state index is 0.537. The molecule has 0 fully saturated rings. The van der Waals surface area contributed by atoms with Gasteiger partial charge in [-0.05, 0) is 39.8 Å². The molecular formula is C16H20N4O3S. The van der Waals surface area contributed by atoms with Gasteiger partial charge in [0, 0.05) is 5.56 Å². The van der Waals surface area contributed by atoms with Gasteiger partial charge in [0.05, 0.1) is 19.8 Å². The van der Waals surface area contributed by atoms with Gasteiger partial charge >= 0.3 is 0 Å². The van der Waals surface area contributed by atoms with Crippen molar-refractivity contribution in [1.82, 2.24) is 19.8 Å². The van der Waals surface area contributed by atoms with Crippen molar-refractivity contribution < 1.29 is 14.2 Å². The summed E-state index contributed by atoms with van der Waals surface area (Å²) in [5.74, 6) is 2.70. The minimum Gasteiger partial charge on any atom is -0.490 e. The Labute approximate surface area is 144 Å². The first-order valence-electron chi connectivity index (χ1n) is 7.93. The smallest absolute Gasteiger partial charge is 0.234 e. The molecule has 0 radical (unpaired) electrons. The fraction of sp³-hybridized carbons (Fsp3) is 0.438. The van der Waals surface area contributed by atoms with Crippen molar-refractivity contribution in [3.05, 3.63) is 18.0 Å². The summed E-state index contributed by atoms with van der Waals surface area (Å²) in [6.45, 7) is 9.31. The van der Waals surface area contributed by atoms with Crippen LogP contribution in [0.5, 0.6) is 17.2 Å². The quantitative estimate of drug-likeness (QED) is 0.652. The first kappa shape index (κ1) is 16.5. The first-order chi connectivity index (χ1) is 11.7. The molecule has 0 spiro atoms. The van der Waals surface area contributed by atoms with Crippen molar-refractivity contribution in [3.8, 4) is 27.8 Å². The highest BCUT2D eigenvalue weighted by molar-refractivity contribution is 7.19. The third kappa shape index (κ3) is 3.01. The normalized spacial score (nSPS) is 11.0. The summed E-state index contributed by atoms with van der Waals surface area (Å²) in [5, 5.41) is 13.5. The van der Waals surface area contributed by atoms with E-state index < -0.39 is 0 Å². The van der Waals surface area contributed by atoms with Gasteiger partial charge in [-0.15, -0.1) is 10.2 Å². The second-order valence-electron chi connectivity index (χ2n) is 4.95. The van der Waals surface area contributed by atoms with Gasteiger partial charge in [0.25, 0.3) is 0 Å². The van der Waals surface area contributed by atoms with Crippen LogP contribution in [0.25, 0.3) is 15.5 Å². The molecule has 128 valence electrons. The lowest BCUT2D eigenvalue weighted by Crippen LogP contribution is -2.03. The molecule has 2 aromatic heterocycles. The standard InChI is InChI=1S/C16H20N4O3S/c1-5-21-12-8-11(9-13(22-6-2)14(12)23-7-3)15-19-20-10(4)17-18-16(20)24-15/h8-9H,5-7H2,1-4H3. The van der Waals surface area contributed by atoms with Crippen molar-refractivity contribution >= 4 is 16.3 Å². The lowest BCUT2D eigenvalue weighted by molar-refractivity contribution is 0.261. The second-order valence-corrected chi connectivity index (χ2v) is 5.91. The lowest BCUT2D eigenvalue weighted by atomic mass is 10.2. The average molecular weight is 348 g/mol. The fourth-order valence-electron chi connectivity index (χ4n) is 2.34. The van der Waals surface area contributed by atoms with Crippen LogP contribution >= 0.6 is 11.3 Å². The second kappa shape index (κ2) is 7.04. The van der Waals surface area contributed by atoms with Crippen molar-refractivity contribution in [2.24, 2.45) is 0 Å². The summed E-state index contributed by atoms with van der Waals surface area (Å²) in [6, 6.07) is 3.86. The van der Waals surface area contributed by atoms with E-state index in [2.05, 4.69) is 15.3 Å². The van der Waals surface area contributed by atoms with Crippen LogP contribution in [0.3, 0.4) is 0 Å². The van der Waals surface area contributed by atoms with E-state index in [0.29, 0.717) is 37.1 Å². The molecule has 0 bridgehead atoms. The van der Waals surface area contributed by atoms with Gasteiger partial charge in [0.1, 0.15) is 5.01 Å². The summed E-state index contributed by atoms with van der Waals surface area (Å²) in [6.07, 6.45) is 0. The van der Waals surface area contributed by atoms with Crippen molar-refractivity contribution in [2.45, 2.75) is 27.7 Å². The summed E-state index contributed by atoms with van der Waals surface area (Å²) >= 11 is 1.47. The van der Waals surface area contributed by atoms with Crippen molar-refractivity contribution in [3.63, 3.8) is 0 Å². The molecule has 3 aromatic rings. The predicted octanol–water partition coefficient (Wildman–Crippen LogP) is 3.36. The molecule has 3 rings (SSSR count). The van der Waals surface area contributed by atoms with Crippen molar-refractivity contribution in [1.29, 1.82) is 0 Å². The highest BCUT2D eigenvalue weighted by Gasteiger charge is 2.18. The molecular weight excluding hydrogens is 328 g/mol. The maximum Gasteiger partial charge on any atom is 0.234 e. The van der Waals surface area contributed by atoms with Crippen LogP contribution < -0.4 is 14.2 Å². The van der Waals surface area contributed by atoms with E-state index in [1.165, 1.54) is 11.3 Å². The Hall–Kier alpha value is -2.35. The van der Waals surface area contributed by atoms with Crippen LogP contribution in [0.15, 0.2) is 12.1 Å². The molecule has 0 saturated carbocycles. The highest BCUT2D eigenvalue weighted by Crippen LogP contribution is 2.42. The summed E-state index contributed by atoms with van der Waals surface area (Å²) in [4.78, 5) is 0.757. The molecule has 0 unspecified atom stereocenters. The molecule has 0 atom stereocenters. The van der Waals surface area contributed by atoms with Gasteiger partial charge in [0.15, 0.2) is 17.3 Å². The molecule has 2 heterocycles. The Kier molecular flexibility index (Phi) is 4.84. The number of hydrogen-bond acceptors (Lipinski definition) is 7. The predicted molar refractivity (Wildman–Crippen MR) is 92.3 cm³/mol. The lowest BCUT2D eigenvalue weighted by Gasteiger charge is -2.16. The number of aryl methyl sites for hydroxylation is 1. The molecule has 0 amide bonds. The first-order valence-corrected chi connectivity index (χ1v) is 8.75. The van der Waals surface area contributed by atoms with Crippen LogP contribution in [-0.2, 0) is 0 Å². The van der Waals surface area contributed by atoms with Crippen LogP contribution in [0.1, 0.15) is 26.6 Å². The van der Waals surface area contributed by atoms with Gasteiger partial charge < -0.3 is 14.2 Å². The number of nitrogens with zero attached hydrogens (tertiary/aromatic N) is 4. The van der Waals surface area contributed by atoms with Crippen molar-refractivity contribution in [2.75, 3.05) is 19.8 Å². The van der Waals surface area contributed by atoms with E-state index in [1.807, 2.05) is 39.8 Å². The zero-order valence-electron chi connectivity index (χ0n) is 14.2. The molecule has 0 saturated heterocycles. The topological polar surface area (TPSA) is 70.8 Å². The summed E-state index contributed by atoms with van der Waals surface area (Å²) in [5.41, 5.74) is 0.903. The zero-order chi connectivity index (χ0) is 17.1. The summed E-state index contributed by atoms with van der Waals surface area (Å²) in [7, 11) is 0. The van der Waals surface area contributed by atoms with Gasteiger partial charge in [-0.3, -0.25) is 0 Å². The summed E-state index contributed by atoms with van der Waals surface area (Å²) < 4.78 is 19.0. The largest absolute Gasteiger partial charge is 0.490 e. The Morgan fingerprint density at radius 1 is 0.958 bits per heavy atom. The van der Waals surface area contributed by atoms with E-state index in [0.717, 1.165) is 21.4 Å². The van der Waals surface area contributed by atoms with Crippen LogP contribution in [0, 0.1) is 6.92 Å².